The summed E-state index contributed by atoms with van der Waals surface area (Å²) in [6, 6.07) is 34.6. The Morgan fingerprint density at radius 2 is 0.273 bits per heavy atom. The molecule has 8 aromatic rings. The first kappa shape index (κ1) is 75.4. The van der Waals surface area contributed by atoms with Crippen LogP contribution in [-0.4, -0.2) is 46.9 Å². The van der Waals surface area contributed by atoms with Gasteiger partial charge in [-0.05, 0) is 177 Å². The minimum atomic E-state index is -0.330. The van der Waals surface area contributed by atoms with Crippen LogP contribution in [0, 0.1) is 0 Å². The van der Waals surface area contributed by atoms with Crippen LogP contribution in [0.2, 0.25) is 0 Å². The van der Waals surface area contributed by atoms with E-state index in [0.29, 0.717) is 71.2 Å². The smallest absolute Gasteiger partial charge is 0.125 e. The van der Waals surface area contributed by atoms with Gasteiger partial charge < -0.3 is 39.7 Å². The zero-order chi connectivity index (χ0) is 73.6. The molecule has 5 N–H and O–H groups in total. The zero-order valence-corrected chi connectivity index (χ0v) is 65.4. The van der Waals surface area contributed by atoms with Crippen molar-refractivity contribution in [2.24, 2.45) is 0 Å². The van der Waals surface area contributed by atoms with Crippen molar-refractivity contribution in [1.29, 1.82) is 0 Å². The average molecular weight is 1340 g/mol. The summed E-state index contributed by atoms with van der Waals surface area (Å²) < 4.78 is 19.8. The van der Waals surface area contributed by atoms with E-state index in [0.717, 1.165) is 112 Å². The first-order valence-electron chi connectivity index (χ1n) is 35.8. The molecule has 1 aliphatic carbocycles. The highest BCUT2D eigenvalue weighted by atomic mass is 16.5. The molecule has 0 fully saturated rings. The maximum Gasteiger partial charge on any atom is 0.125 e. The predicted octanol–water partition coefficient (Wildman–Crippen LogP) is 21.7. The van der Waals surface area contributed by atoms with Crippen LogP contribution in [0.5, 0.6) is 46.0 Å². The Labute approximate surface area is 595 Å². The average Bonchev–Trinajstić information content (AvgIpc) is 0.780. The molecule has 0 unspecified atom stereocenters. The fourth-order valence-electron chi connectivity index (χ4n) is 14.1. The number of phenolic OH excluding ortho intramolecular Hbond substituents is 5. The molecule has 8 heteroatoms. The Kier molecular flexibility index (Phi) is 20.5. The number of hydrogen-bond donors (Lipinski definition) is 5. The molecule has 0 aromatic heterocycles. The fourth-order valence-corrected chi connectivity index (χ4v) is 14.1. The molecule has 0 atom stereocenters. The number of phenols is 5. The van der Waals surface area contributed by atoms with E-state index in [1.54, 1.807) is 21.3 Å². The topological polar surface area (TPSA) is 129 Å². The molecule has 9 rings (SSSR count). The van der Waals surface area contributed by atoms with Crippen LogP contribution in [0.15, 0.2) is 97.1 Å². The van der Waals surface area contributed by atoms with Gasteiger partial charge in [0.2, 0.25) is 0 Å². The number of fused-ring (bicyclic) bond motifs is 16. The van der Waals surface area contributed by atoms with E-state index in [-0.39, 0.29) is 91.3 Å². The second-order valence-electron chi connectivity index (χ2n) is 37.1. The molecule has 0 heterocycles. The van der Waals surface area contributed by atoms with E-state index >= 15 is 0 Å². The van der Waals surface area contributed by atoms with Gasteiger partial charge in [-0.2, -0.15) is 0 Å². The van der Waals surface area contributed by atoms with Crippen molar-refractivity contribution in [3.05, 3.63) is 231 Å². The summed E-state index contributed by atoms with van der Waals surface area (Å²) >= 11 is 0. The summed E-state index contributed by atoms with van der Waals surface area (Å²) in [5.74, 6) is 2.93. The zero-order valence-electron chi connectivity index (χ0n) is 65.4. The van der Waals surface area contributed by atoms with Gasteiger partial charge in [-0.1, -0.05) is 263 Å². The first-order valence-corrected chi connectivity index (χ1v) is 35.8. The van der Waals surface area contributed by atoms with Crippen molar-refractivity contribution < 1.29 is 39.7 Å². The second kappa shape index (κ2) is 26.9. The van der Waals surface area contributed by atoms with E-state index in [1.165, 1.54) is 0 Å². The lowest BCUT2D eigenvalue weighted by molar-refractivity contribution is 0.399. The quantitative estimate of drug-likeness (QED) is 0.118. The molecule has 8 aromatic carbocycles. The van der Waals surface area contributed by atoms with Crippen LogP contribution in [-0.2, 0) is 94.7 Å². The van der Waals surface area contributed by atoms with Crippen molar-refractivity contribution in [1.82, 2.24) is 0 Å². The summed E-state index contributed by atoms with van der Waals surface area (Å²) in [6.07, 6.45) is 2.60. The molecule has 530 valence electrons. The number of methoxy groups -OCH3 is 3. The lowest BCUT2D eigenvalue weighted by atomic mass is 9.79. The largest absolute Gasteiger partial charge is 0.507 e. The Hall–Kier alpha value is -7.84. The van der Waals surface area contributed by atoms with Crippen molar-refractivity contribution in [2.75, 3.05) is 21.3 Å². The highest BCUT2D eigenvalue weighted by Gasteiger charge is 2.32. The normalized spacial score (nSPS) is 14.1. The summed E-state index contributed by atoms with van der Waals surface area (Å²) in [6.45, 7) is 52.9. The van der Waals surface area contributed by atoms with Crippen molar-refractivity contribution in [3.63, 3.8) is 0 Å². The van der Waals surface area contributed by atoms with Crippen LogP contribution in [0.1, 0.15) is 300 Å². The standard InChI is InChI=1S/C91H118O8/c1-84(2,3)68-36-52-28-54-38-69(85(4,5)6)42-58(77(54)93)31-62-46-73(89(16,17)18)47-63(81(62)97-25)32-59-43-71(87(10,11)12)40-56(79(59)95)30-57-41-72(88(13,14)15)45-61(80(57)96)34-65-49-75(91(22,23)24)51-67(83(65)99-27)35-66-50-74(90(19,20)21)48-64(82(66)98-26)33-60-44-70(86(7,8)9)39-55(78(60)94)29-53(37-68)76(52)92/h36-51,92-96H,28-35H2,1-27H3. The molecule has 0 saturated carbocycles. The SMILES string of the molecule is COc1c2cc(C(C)(C)C)cc1Cc1cc(C(C)(C)C)cc(c1O)Cc1cc(C(C)(C)C)cc(c1O)Cc1cc(C(C)(C)C)cc(c1OC)Cc1cc(C(C)(C)C)cc(c1OC)Cc1cc(C(C)(C)C)cc(c1O)Cc1cc(C(C)(C)C)cc(c1O)Cc1cc(C(C)(C)C)cc(c1O)C2. The molecule has 0 saturated heterocycles. The van der Waals surface area contributed by atoms with Crippen molar-refractivity contribution in [2.45, 2.75) is 261 Å². The molecule has 0 aliphatic heterocycles. The Morgan fingerprint density at radius 3 is 0.374 bits per heavy atom. The third-order valence-corrected chi connectivity index (χ3v) is 20.7. The third kappa shape index (κ3) is 16.5. The third-order valence-electron chi connectivity index (χ3n) is 20.7. The van der Waals surface area contributed by atoms with E-state index in [1.807, 2.05) is 0 Å². The van der Waals surface area contributed by atoms with E-state index in [2.05, 4.69) is 263 Å². The minimum Gasteiger partial charge on any atom is -0.507 e. The van der Waals surface area contributed by atoms with Gasteiger partial charge in [-0.25, -0.2) is 0 Å². The monoisotopic (exact) mass is 1340 g/mol. The summed E-state index contributed by atoms with van der Waals surface area (Å²) in [7, 11) is 5.19. The summed E-state index contributed by atoms with van der Waals surface area (Å²) in [4.78, 5) is 0. The molecule has 16 bridgehead atoms. The van der Waals surface area contributed by atoms with Gasteiger partial charge in [-0.15, -0.1) is 0 Å². The van der Waals surface area contributed by atoms with Crippen LogP contribution in [0.3, 0.4) is 0 Å². The van der Waals surface area contributed by atoms with Gasteiger partial charge in [0.25, 0.3) is 0 Å². The van der Waals surface area contributed by atoms with Gasteiger partial charge in [0.15, 0.2) is 0 Å². The molecule has 1 aliphatic rings. The predicted molar refractivity (Wildman–Crippen MR) is 412 cm³/mol. The molecule has 0 spiro atoms. The van der Waals surface area contributed by atoms with Gasteiger partial charge in [-0.3, -0.25) is 0 Å². The second-order valence-corrected chi connectivity index (χ2v) is 37.1. The fraction of sp³-hybridized carbons (Fsp3) is 0.473. The van der Waals surface area contributed by atoms with Gasteiger partial charge >= 0.3 is 0 Å². The van der Waals surface area contributed by atoms with Crippen molar-refractivity contribution >= 4 is 0 Å². The summed E-state index contributed by atoms with van der Waals surface area (Å²) in [5, 5.41) is 64.8. The van der Waals surface area contributed by atoms with Crippen LogP contribution >= 0.6 is 0 Å². The number of aromatic hydroxyl groups is 5. The maximum absolute atomic E-state index is 13.0. The first-order chi connectivity index (χ1) is 45.5. The van der Waals surface area contributed by atoms with Gasteiger partial charge in [0.1, 0.15) is 46.0 Å². The van der Waals surface area contributed by atoms with E-state index in [4.69, 9.17) is 14.2 Å². The Morgan fingerprint density at radius 1 is 0.182 bits per heavy atom. The summed E-state index contributed by atoms with van der Waals surface area (Å²) in [5.41, 5.74) is 18.9. The van der Waals surface area contributed by atoms with Crippen LogP contribution in [0.25, 0.3) is 0 Å². The molecular formula is C91H118O8. The Balaban J connectivity index is 1.37. The molecular weight excluding hydrogens is 1220 g/mol. The van der Waals surface area contributed by atoms with Crippen molar-refractivity contribution in [3.8, 4) is 46.0 Å². The van der Waals surface area contributed by atoms with Gasteiger partial charge in [0.05, 0.1) is 21.3 Å². The molecule has 99 heavy (non-hydrogen) atoms. The Bertz CT molecular complexity index is 4370. The number of benzene rings is 8. The van der Waals surface area contributed by atoms with Crippen LogP contribution < -0.4 is 14.2 Å². The molecule has 8 nitrogen and oxygen atoms in total. The highest BCUT2D eigenvalue weighted by molar-refractivity contribution is 5.62. The molecule has 0 amide bonds. The number of hydrogen-bond acceptors (Lipinski definition) is 8. The molecule has 0 radical (unpaired) electrons. The highest BCUT2D eigenvalue weighted by Crippen LogP contribution is 2.47. The van der Waals surface area contributed by atoms with Gasteiger partial charge in [0, 0.05) is 51.4 Å². The number of ether oxygens (including phenoxy) is 3. The van der Waals surface area contributed by atoms with Crippen LogP contribution in [0.4, 0.5) is 0 Å². The number of rotatable bonds is 3. The lowest BCUT2D eigenvalue weighted by Gasteiger charge is -2.27. The lowest BCUT2D eigenvalue weighted by Crippen LogP contribution is -2.16. The van der Waals surface area contributed by atoms with E-state index < -0.39 is 0 Å². The van der Waals surface area contributed by atoms with E-state index in [9.17, 15) is 25.5 Å². The minimum absolute atomic E-state index is 0.127. The maximum atomic E-state index is 13.0.